The topological polar surface area (TPSA) is 20.3 Å². The maximum Gasteiger partial charge on any atom is 0.137 e. The maximum absolute atomic E-state index is 10.7. The molecule has 0 radical (unpaired) electrons. The summed E-state index contributed by atoms with van der Waals surface area (Å²) in [5.74, 6) is 0.669. The molecular formula is C9H15NO. The van der Waals surface area contributed by atoms with E-state index in [0.29, 0.717) is 12.0 Å². The summed E-state index contributed by atoms with van der Waals surface area (Å²) in [4.78, 5) is 13.0. The van der Waals surface area contributed by atoms with Gasteiger partial charge in [-0.2, -0.15) is 0 Å². The molecule has 2 saturated heterocycles. The molecule has 2 aliphatic heterocycles. The van der Waals surface area contributed by atoms with E-state index in [1.807, 2.05) is 0 Å². The van der Waals surface area contributed by atoms with E-state index in [-0.39, 0.29) is 6.04 Å². The number of hydrogen-bond donors (Lipinski definition) is 0. The van der Waals surface area contributed by atoms with Gasteiger partial charge in [0.25, 0.3) is 0 Å². The molecule has 1 aliphatic carbocycles. The van der Waals surface area contributed by atoms with Crippen molar-refractivity contribution < 1.29 is 4.79 Å². The molecule has 0 aromatic rings. The van der Waals surface area contributed by atoms with Crippen LogP contribution in [0.2, 0.25) is 0 Å². The van der Waals surface area contributed by atoms with E-state index >= 15 is 0 Å². The fourth-order valence-corrected chi connectivity index (χ4v) is 2.63. The lowest BCUT2D eigenvalue weighted by atomic mass is 9.75. The number of likely N-dealkylation sites (N-methyl/N-ethyl adjacent to an activating group) is 1. The van der Waals surface area contributed by atoms with E-state index in [1.165, 1.54) is 25.7 Å². The van der Waals surface area contributed by atoms with E-state index in [2.05, 4.69) is 11.9 Å². The van der Waals surface area contributed by atoms with Crippen molar-refractivity contribution in [1.82, 2.24) is 4.90 Å². The number of carbonyl (C=O) groups is 1. The van der Waals surface area contributed by atoms with Gasteiger partial charge in [0.15, 0.2) is 0 Å². The van der Waals surface area contributed by atoms with Crippen molar-refractivity contribution in [2.45, 2.75) is 37.8 Å². The molecule has 0 spiro atoms. The molecule has 11 heavy (non-hydrogen) atoms. The zero-order valence-corrected chi connectivity index (χ0v) is 6.99. The molecule has 1 saturated carbocycles. The highest BCUT2D eigenvalue weighted by molar-refractivity contribution is 5.58. The third-order valence-corrected chi connectivity index (χ3v) is 3.41. The third kappa shape index (κ3) is 1.00. The Kier molecular flexibility index (Phi) is 1.72. The smallest absolute Gasteiger partial charge is 0.137 e. The highest BCUT2D eigenvalue weighted by Gasteiger charge is 2.39. The van der Waals surface area contributed by atoms with Gasteiger partial charge in [-0.15, -0.1) is 0 Å². The van der Waals surface area contributed by atoms with Gasteiger partial charge in [-0.25, -0.2) is 0 Å². The van der Waals surface area contributed by atoms with Crippen molar-refractivity contribution in [2.24, 2.45) is 5.92 Å². The van der Waals surface area contributed by atoms with E-state index in [9.17, 15) is 4.79 Å². The summed E-state index contributed by atoms with van der Waals surface area (Å²) in [6, 6.07) is 0.942. The van der Waals surface area contributed by atoms with E-state index < -0.39 is 0 Å². The minimum absolute atomic E-state index is 0.238. The fourth-order valence-electron chi connectivity index (χ4n) is 2.63. The van der Waals surface area contributed by atoms with E-state index in [0.717, 1.165) is 6.29 Å². The maximum atomic E-state index is 10.7. The number of rotatable bonds is 1. The first-order valence-electron chi connectivity index (χ1n) is 4.50. The number of nitrogens with zero attached hydrogens (tertiary/aromatic N) is 1. The van der Waals surface area contributed by atoms with Crippen LogP contribution < -0.4 is 0 Å². The summed E-state index contributed by atoms with van der Waals surface area (Å²) in [7, 11) is 2.09. The highest BCUT2D eigenvalue weighted by Crippen LogP contribution is 2.37. The first-order chi connectivity index (χ1) is 5.33. The van der Waals surface area contributed by atoms with Crippen molar-refractivity contribution in [3.8, 4) is 0 Å². The molecule has 0 unspecified atom stereocenters. The van der Waals surface area contributed by atoms with Crippen LogP contribution in [-0.4, -0.2) is 30.3 Å². The lowest BCUT2D eigenvalue weighted by Gasteiger charge is -2.47. The average molecular weight is 153 g/mol. The number of hydrogen-bond acceptors (Lipinski definition) is 2. The lowest BCUT2D eigenvalue weighted by molar-refractivity contribution is -0.119. The standard InChI is InChI=1S/C9H15NO/c1-10-8-4-2-7(3-5-8)9(10)6-11/h6-9H,2-5H2,1H3/t7-,8+,9-/m1/s1. The number of carbonyl (C=O) groups excluding carboxylic acids is 1. The molecule has 62 valence electrons. The van der Waals surface area contributed by atoms with Crippen LogP contribution in [0.25, 0.3) is 0 Å². The Labute approximate surface area is 67.6 Å². The molecule has 0 aromatic heterocycles. The van der Waals surface area contributed by atoms with Gasteiger partial charge in [0.05, 0.1) is 6.04 Å². The van der Waals surface area contributed by atoms with Crippen LogP contribution in [0.4, 0.5) is 0 Å². The quantitative estimate of drug-likeness (QED) is 0.525. The second kappa shape index (κ2) is 2.59. The Morgan fingerprint density at radius 1 is 1.27 bits per heavy atom. The number of fused-ring (bicyclic) bond motifs is 3. The second-order valence-electron chi connectivity index (χ2n) is 3.86. The molecule has 0 aromatic carbocycles. The normalized spacial score (nSPS) is 44.3. The Hall–Kier alpha value is -0.370. The van der Waals surface area contributed by atoms with E-state index in [1.54, 1.807) is 0 Å². The summed E-state index contributed by atoms with van der Waals surface area (Å²) in [6.45, 7) is 0. The molecule has 3 aliphatic rings. The predicted octanol–water partition coefficient (Wildman–Crippen LogP) is 1.06. The molecule has 0 amide bonds. The zero-order valence-electron chi connectivity index (χ0n) is 6.99. The summed E-state index contributed by atoms with van der Waals surface area (Å²) in [6.07, 6.45) is 6.31. The van der Waals surface area contributed by atoms with Gasteiger partial charge < -0.3 is 4.79 Å². The molecule has 3 rings (SSSR count). The van der Waals surface area contributed by atoms with Gasteiger partial charge in [-0.1, -0.05) is 0 Å². The van der Waals surface area contributed by atoms with Crippen molar-refractivity contribution >= 4 is 6.29 Å². The minimum atomic E-state index is 0.238. The molecule has 2 heterocycles. The SMILES string of the molecule is CN1[C@H]2CC[C@H](CC2)[C@H]1C=O. The Morgan fingerprint density at radius 2 is 1.91 bits per heavy atom. The first-order valence-corrected chi connectivity index (χ1v) is 4.50. The Balaban J connectivity index is 2.16. The summed E-state index contributed by atoms with van der Waals surface area (Å²) < 4.78 is 0. The summed E-state index contributed by atoms with van der Waals surface area (Å²) in [5, 5.41) is 0. The van der Waals surface area contributed by atoms with Gasteiger partial charge in [0, 0.05) is 6.04 Å². The van der Waals surface area contributed by atoms with Crippen molar-refractivity contribution in [1.29, 1.82) is 0 Å². The van der Waals surface area contributed by atoms with Gasteiger partial charge in [0.2, 0.25) is 0 Å². The van der Waals surface area contributed by atoms with Gasteiger partial charge in [-0.3, -0.25) is 4.90 Å². The molecule has 2 heteroatoms. The van der Waals surface area contributed by atoms with Crippen molar-refractivity contribution in [3.05, 3.63) is 0 Å². The van der Waals surface area contributed by atoms with Crippen LogP contribution in [0, 0.1) is 5.92 Å². The first kappa shape index (κ1) is 7.29. The molecule has 3 fully saturated rings. The predicted molar refractivity (Wildman–Crippen MR) is 43.4 cm³/mol. The van der Waals surface area contributed by atoms with Crippen LogP contribution in [0.3, 0.4) is 0 Å². The van der Waals surface area contributed by atoms with Gasteiger partial charge in [0.1, 0.15) is 6.29 Å². The van der Waals surface area contributed by atoms with Crippen LogP contribution in [0.15, 0.2) is 0 Å². The monoisotopic (exact) mass is 153 g/mol. The van der Waals surface area contributed by atoms with Crippen LogP contribution >= 0.6 is 0 Å². The Bertz CT molecular complexity index is 159. The van der Waals surface area contributed by atoms with Crippen molar-refractivity contribution in [2.75, 3.05) is 7.05 Å². The minimum Gasteiger partial charge on any atom is -0.302 e. The summed E-state index contributed by atoms with van der Waals surface area (Å²) in [5.41, 5.74) is 0. The Morgan fingerprint density at radius 3 is 2.27 bits per heavy atom. The molecule has 1 atom stereocenters. The zero-order chi connectivity index (χ0) is 7.84. The van der Waals surface area contributed by atoms with E-state index in [4.69, 9.17) is 0 Å². The van der Waals surface area contributed by atoms with Crippen LogP contribution in [-0.2, 0) is 4.79 Å². The molecular weight excluding hydrogens is 138 g/mol. The highest BCUT2D eigenvalue weighted by atomic mass is 16.1. The van der Waals surface area contributed by atoms with Crippen LogP contribution in [0.1, 0.15) is 25.7 Å². The fraction of sp³-hybridized carbons (Fsp3) is 0.889. The second-order valence-corrected chi connectivity index (χ2v) is 3.86. The largest absolute Gasteiger partial charge is 0.302 e. The molecule has 2 bridgehead atoms. The third-order valence-electron chi connectivity index (χ3n) is 3.41. The summed E-state index contributed by atoms with van der Waals surface area (Å²) >= 11 is 0. The van der Waals surface area contributed by atoms with Crippen molar-refractivity contribution in [3.63, 3.8) is 0 Å². The molecule has 0 N–H and O–H groups in total. The number of aldehydes is 1. The van der Waals surface area contributed by atoms with Gasteiger partial charge >= 0.3 is 0 Å². The van der Waals surface area contributed by atoms with Gasteiger partial charge in [-0.05, 0) is 38.6 Å². The molecule has 2 nitrogen and oxygen atoms in total. The average Bonchev–Trinajstić information content (AvgIpc) is 2.06. The number of piperidine rings is 2. The van der Waals surface area contributed by atoms with Crippen LogP contribution in [0.5, 0.6) is 0 Å². The lowest BCUT2D eigenvalue weighted by Crippen LogP contribution is -2.53.